The molecule has 3 aromatic rings. The highest BCUT2D eigenvalue weighted by Gasteiger charge is 2.11. The Balaban J connectivity index is 2.16. The third kappa shape index (κ3) is 2.28. The first-order valence-corrected chi connectivity index (χ1v) is 7.65. The van der Waals surface area contributed by atoms with Crippen molar-refractivity contribution >= 4 is 49.8 Å². The molecule has 3 nitrogen and oxygen atoms in total. The summed E-state index contributed by atoms with van der Waals surface area (Å²) in [6.07, 6.45) is 0. The minimum absolute atomic E-state index is 0.275. The van der Waals surface area contributed by atoms with Crippen molar-refractivity contribution in [2.45, 2.75) is 0 Å². The summed E-state index contributed by atoms with van der Waals surface area (Å²) < 4.78 is 2.38. The van der Waals surface area contributed by atoms with E-state index >= 15 is 0 Å². The van der Waals surface area contributed by atoms with Crippen LogP contribution in [0.25, 0.3) is 20.8 Å². The summed E-state index contributed by atoms with van der Waals surface area (Å²) in [5, 5.41) is 13.5. The van der Waals surface area contributed by atoms with Crippen LogP contribution in [0.15, 0.2) is 36.4 Å². The maximum atomic E-state index is 9.33. The normalized spacial score (nSPS) is 10.8. The van der Waals surface area contributed by atoms with Gasteiger partial charge in [0.1, 0.15) is 10.8 Å². The van der Waals surface area contributed by atoms with Crippen molar-refractivity contribution in [3.8, 4) is 16.3 Å². The molecular weight excluding hydrogens is 371 g/mol. The number of aromatic hydroxyl groups is 1. The van der Waals surface area contributed by atoms with Gasteiger partial charge in [0, 0.05) is 18.3 Å². The molecular formula is C14H11IN2OS. The van der Waals surface area contributed by atoms with Crippen molar-refractivity contribution in [3.05, 3.63) is 40.0 Å². The monoisotopic (exact) mass is 382 g/mol. The van der Waals surface area contributed by atoms with Crippen LogP contribution < -0.4 is 5.32 Å². The molecule has 0 saturated heterocycles. The van der Waals surface area contributed by atoms with Crippen LogP contribution in [0.3, 0.4) is 0 Å². The fourth-order valence-electron chi connectivity index (χ4n) is 1.88. The van der Waals surface area contributed by atoms with E-state index in [-0.39, 0.29) is 5.75 Å². The number of thiazole rings is 1. The maximum absolute atomic E-state index is 9.33. The lowest BCUT2D eigenvalue weighted by Gasteiger charge is -2.02. The van der Waals surface area contributed by atoms with E-state index in [9.17, 15) is 5.11 Å². The number of nitrogens with zero attached hydrogens (tertiary/aromatic N) is 1. The Kier molecular flexibility index (Phi) is 3.32. The van der Waals surface area contributed by atoms with E-state index in [2.05, 4.69) is 32.9 Å². The Morgan fingerprint density at radius 3 is 2.58 bits per heavy atom. The Bertz CT molecular complexity index is 737. The molecule has 2 N–H and O–H groups in total. The molecule has 0 aliphatic heterocycles. The zero-order chi connectivity index (χ0) is 13.4. The molecule has 3 rings (SSSR count). The van der Waals surface area contributed by atoms with Gasteiger partial charge in [0.2, 0.25) is 0 Å². The fraction of sp³-hybridized carbons (Fsp3) is 0.0714. The van der Waals surface area contributed by atoms with E-state index in [1.165, 1.54) is 8.27 Å². The largest absolute Gasteiger partial charge is 0.508 e. The van der Waals surface area contributed by atoms with Crippen LogP contribution in [0.4, 0.5) is 5.69 Å². The van der Waals surface area contributed by atoms with Gasteiger partial charge in [-0.05, 0) is 59.0 Å². The smallest absolute Gasteiger partial charge is 0.124 e. The molecule has 1 heterocycles. The molecule has 0 radical (unpaired) electrons. The predicted octanol–water partition coefficient (Wildman–Crippen LogP) is 4.32. The predicted molar refractivity (Wildman–Crippen MR) is 89.0 cm³/mol. The number of fused-ring (bicyclic) bond motifs is 1. The summed E-state index contributed by atoms with van der Waals surface area (Å²) in [5.41, 5.74) is 3.16. The van der Waals surface area contributed by atoms with Gasteiger partial charge in [-0.2, -0.15) is 0 Å². The summed E-state index contributed by atoms with van der Waals surface area (Å²) >= 11 is 4.02. The average Bonchev–Trinajstić information content (AvgIpc) is 2.85. The molecule has 0 spiro atoms. The summed E-state index contributed by atoms with van der Waals surface area (Å²) in [5.74, 6) is 0.275. The van der Waals surface area contributed by atoms with Crippen molar-refractivity contribution in [1.29, 1.82) is 0 Å². The third-order valence-electron chi connectivity index (χ3n) is 2.88. The van der Waals surface area contributed by atoms with Gasteiger partial charge < -0.3 is 10.4 Å². The lowest BCUT2D eigenvalue weighted by atomic mass is 10.2. The second-order valence-electron chi connectivity index (χ2n) is 4.09. The number of aromatic nitrogens is 1. The van der Waals surface area contributed by atoms with Crippen LogP contribution in [-0.4, -0.2) is 17.1 Å². The molecule has 0 aliphatic rings. The zero-order valence-electron chi connectivity index (χ0n) is 10.1. The lowest BCUT2D eigenvalue weighted by molar-refractivity contribution is 0.475. The lowest BCUT2D eigenvalue weighted by Crippen LogP contribution is -1.90. The van der Waals surface area contributed by atoms with E-state index in [0.29, 0.717) is 0 Å². The van der Waals surface area contributed by atoms with Gasteiger partial charge >= 0.3 is 0 Å². The first kappa shape index (κ1) is 12.7. The Morgan fingerprint density at radius 1 is 1.16 bits per heavy atom. The third-order valence-corrected chi connectivity index (χ3v) is 5.50. The van der Waals surface area contributed by atoms with E-state index in [0.717, 1.165) is 21.8 Å². The van der Waals surface area contributed by atoms with Gasteiger partial charge in [0.25, 0.3) is 0 Å². The van der Waals surface area contributed by atoms with Crippen LogP contribution in [0.1, 0.15) is 0 Å². The maximum Gasteiger partial charge on any atom is 0.124 e. The van der Waals surface area contributed by atoms with Crippen LogP contribution in [-0.2, 0) is 0 Å². The van der Waals surface area contributed by atoms with Crippen LogP contribution in [0.2, 0.25) is 0 Å². The first-order valence-electron chi connectivity index (χ1n) is 5.75. The second-order valence-corrected chi connectivity index (χ2v) is 6.17. The van der Waals surface area contributed by atoms with Crippen LogP contribution in [0.5, 0.6) is 5.75 Å². The molecule has 0 amide bonds. The summed E-state index contributed by atoms with van der Waals surface area (Å²) in [7, 11) is 1.92. The Hall–Kier alpha value is -1.34. The van der Waals surface area contributed by atoms with E-state index in [4.69, 9.17) is 0 Å². The van der Waals surface area contributed by atoms with Crippen molar-refractivity contribution in [2.24, 2.45) is 0 Å². The fourth-order valence-corrected chi connectivity index (χ4v) is 3.95. The molecule has 0 atom stereocenters. The second kappa shape index (κ2) is 4.97. The number of anilines is 1. The summed E-state index contributed by atoms with van der Waals surface area (Å²) in [6, 6.07) is 11.2. The number of phenols is 1. The number of rotatable bonds is 2. The molecule has 2 aromatic carbocycles. The zero-order valence-corrected chi connectivity index (χ0v) is 13.1. The SMILES string of the molecule is CNc1ccc2nc(-c3ccc(O)cc3)sc2c1I. The standard InChI is InChI=1S/C14H11IN2OS/c1-16-10-6-7-11-13(12(10)15)19-14(17-11)8-2-4-9(18)5-3-8/h2-7,16,18H,1H3. The molecule has 0 unspecified atom stereocenters. The highest BCUT2D eigenvalue weighted by atomic mass is 127. The minimum Gasteiger partial charge on any atom is -0.508 e. The van der Waals surface area contributed by atoms with Crippen molar-refractivity contribution in [2.75, 3.05) is 12.4 Å². The van der Waals surface area contributed by atoms with Gasteiger partial charge in [0.05, 0.1) is 13.8 Å². The van der Waals surface area contributed by atoms with Gasteiger partial charge in [0.15, 0.2) is 0 Å². The van der Waals surface area contributed by atoms with Crippen LogP contribution >= 0.6 is 33.9 Å². The molecule has 0 bridgehead atoms. The number of benzene rings is 2. The van der Waals surface area contributed by atoms with Crippen molar-refractivity contribution < 1.29 is 5.11 Å². The van der Waals surface area contributed by atoms with Crippen molar-refractivity contribution in [3.63, 3.8) is 0 Å². The number of hydrogen-bond acceptors (Lipinski definition) is 4. The molecule has 5 heteroatoms. The highest BCUT2D eigenvalue weighted by molar-refractivity contribution is 14.1. The number of nitrogens with one attached hydrogen (secondary N) is 1. The van der Waals surface area contributed by atoms with Gasteiger partial charge in [-0.1, -0.05) is 0 Å². The van der Waals surface area contributed by atoms with E-state index in [1.54, 1.807) is 23.5 Å². The number of hydrogen-bond donors (Lipinski definition) is 2. The van der Waals surface area contributed by atoms with E-state index in [1.807, 2.05) is 31.3 Å². The Morgan fingerprint density at radius 2 is 1.89 bits per heavy atom. The number of phenolic OH excluding ortho intramolecular Hbond substituents is 1. The van der Waals surface area contributed by atoms with Gasteiger partial charge in [-0.15, -0.1) is 11.3 Å². The molecule has 96 valence electrons. The first-order chi connectivity index (χ1) is 9.19. The number of halogens is 1. The van der Waals surface area contributed by atoms with Gasteiger partial charge in [-0.3, -0.25) is 0 Å². The molecule has 0 saturated carbocycles. The molecule has 1 aromatic heterocycles. The molecule has 0 fully saturated rings. The highest BCUT2D eigenvalue weighted by Crippen LogP contribution is 2.36. The minimum atomic E-state index is 0.275. The molecule has 19 heavy (non-hydrogen) atoms. The van der Waals surface area contributed by atoms with E-state index < -0.39 is 0 Å². The molecule has 0 aliphatic carbocycles. The van der Waals surface area contributed by atoms with Crippen molar-refractivity contribution in [1.82, 2.24) is 4.98 Å². The quantitative estimate of drug-likeness (QED) is 0.649. The Labute approximate surface area is 128 Å². The summed E-state index contributed by atoms with van der Waals surface area (Å²) in [6.45, 7) is 0. The van der Waals surface area contributed by atoms with Crippen LogP contribution in [0, 0.1) is 3.57 Å². The topological polar surface area (TPSA) is 45.2 Å². The van der Waals surface area contributed by atoms with Gasteiger partial charge in [-0.25, -0.2) is 4.98 Å². The average molecular weight is 382 g/mol. The summed E-state index contributed by atoms with van der Waals surface area (Å²) in [4.78, 5) is 4.65.